The van der Waals surface area contributed by atoms with Gasteiger partial charge in [-0.25, -0.2) is 0 Å². The van der Waals surface area contributed by atoms with Gasteiger partial charge in [-0.3, -0.25) is 14.2 Å². The van der Waals surface area contributed by atoms with Crippen LogP contribution in [0.3, 0.4) is 0 Å². The molecule has 0 spiro atoms. The Labute approximate surface area is 168 Å². The summed E-state index contributed by atoms with van der Waals surface area (Å²) in [6, 6.07) is 3.39. The second-order valence-corrected chi connectivity index (χ2v) is 7.01. The van der Waals surface area contributed by atoms with Crippen LogP contribution in [0.1, 0.15) is 26.7 Å². The van der Waals surface area contributed by atoms with Gasteiger partial charge < -0.3 is 24.7 Å². The summed E-state index contributed by atoms with van der Waals surface area (Å²) in [4.78, 5) is 30.1. The molecule has 152 valence electrons. The summed E-state index contributed by atoms with van der Waals surface area (Å²) in [5.41, 5.74) is 0.420. The number of hydrogen-bond donors (Lipinski definition) is 2. The second kappa shape index (κ2) is 9.20. The van der Waals surface area contributed by atoms with Crippen LogP contribution in [0.2, 0.25) is 0 Å². The van der Waals surface area contributed by atoms with Crippen LogP contribution in [0.25, 0.3) is 10.9 Å². The molecule has 0 bridgehead atoms. The van der Waals surface area contributed by atoms with E-state index in [0.29, 0.717) is 53.1 Å². The van der Waals surface area contributed by atoms with Gasteiger partial charge in [-0.15, -0.1) is 0 Å². The summed E-state index contributed by atoms with van der Waals surface area (Å²) in [6.07, 6.45) is 0.878. The quantitative estimate of drug-likeness (QED) is 0.620. The minimum Gasteiger partial charge on any atom is -0.454 e. The normalized spacial score (nSPS) is 12.7. The van der Waals surface area contributed by atoms with Crippen molar-refractivity contribution in [1.82, 2.24) is 19.8 Å². The van der Waals surface area contributed by atoms with Crippen LogP contribution >= 0.6 is 12.2 Å². The predicted molar refractivity (Wildman–Crippen MR) is 110 cm³/mol. The highest BCUT2D eigenvalue weighted by Gasteiger charge is 2.17. The molecule has 1 aliphatic rings. The number of H-pyrrole nitrogens is 1. The molecule has 0 fully saturated rings. The highest BCUT2D eigenvalue weighted by Crippen LogP contribution is 2.34. The van der Waals surface area contributed by atoms with Crippen molar-refractivity contribution < 1.29 is 14.3 Å². The molecule has 8 nitrogen and oxygen atoms in total. The van der Waals surface area contributed by atoms with Gasteiger partial charge in [0.25, 0.3) is 5.56 Å². The zero-order valence-corrected chi connectivity index (χ0v) is 17.1. The number of aromatic nitrogens is 2. The molecule has 0 atom stereocenters. The zero-order valence-electron chi connectivity index (χ0n) is 16.2. The highest BCUT2D eigenvalue weighted by molar-refractivity contribution is 7.71. The number of carbonyl (C=O) groups is 1. The number of nitrogens with one attached hydrogen (secondary N) is 2. The molecule has 2 N–H and O–H groups in total. The molecule has 0 aliphatic carbocycles. The first-order chi connectivity index (χ1) is 13.5. The van der Waals surface area contributed by atoms with E-state index < -0.39 is 0 Å². The number of likely N-dealkylation sites (N-methyl/N-ethyl adjacent to an activating group) is 1. The highest BCUT2D eigenvalue weighted by atomic mass is 32.1. The molecular weight excluding hydrogens is 380 g/mol. The third kappa shape index (κ3) is 4.53. The van der Waals surface area contributed by atoms with E-state index in [2.05, 4.69) is 29.0 Å². The van der Waals surface area contributed by atoms with Crippen molar-refractivity contribution >= 4 is 29.0 Å². The van der Waals surface area contributed by atoms with Gasteiger partial charge in [-0.1, -0.05) is 13.8 Å². The van der Waals surface area contributed by atoms with Crippen molar-refractivity contribution in [3.8, 4) is 11.5 Å². The van der Waals surface area contributed by atoms with Gasteiger partial charge in [-0.2, -0.15) is 0 Å². The number of ether oxygens (including phenoxy) is 2. The Bertz CT molecular complexity index is 965. The van der Waals surface area contributed by atoms with E-state index in [1.165, 1.54) is 4.57 Å². The molecule has 0 unspecified atom stereocenters. The smallest absolute Gasteiger partial charge is 0.262 e. The van der Waals surface area contributed by atoms with Crippen molar-refractivity contribution in [2.24, 2.45) is 0 Å². The van der Waals surface area contributed by atoms with E-state index in [0.717, 1.165) is 19.6 Å². The maximum Gasteiger partial charge on any atom is 0.262 e. The average Bonchev–Trinajstić information content (AvgIpc) is 3.14. The maximum atomic E-state index is 12.8. The molecule has 2 aromatic rings. The van der Waals surface area contributed by atoms with Gasteiger partial charge in [0.15, 0.2) is 16.3 Å². The SMILES string of the molecule is CCN(CC)CCNC(=O)CCCn1c(=S)[nH]c2cc3c(cc2c1=O)OCO3. The molecule has 1 amide bonds. The van der Waals surface area contributed by atoms with E-state index in [1.807, 2.05) is 0 Å². The van der Waals surface area contributed by atoms with E-state index in [4.69, 9.17) is 21.7 Å². The van der Waals surface area contributed by atoms with Crippen LogP contribution in [0.4, 0.5) is 0 Å². The monoisotopic (exact) mass is 406 g/mol. The first-order valence-electron chi connectivity index (χ1n) is 9.59. The summed E-state index contributed by atoms with van der Waals surface area (Å²) < 4.78 is 12.5. The summed E-state index contributed by atoms with van der Waals surface area (Å²) in [5, 5.41) is 3.41. The van der Waals surface area contributed by atoms with E-state index in [1.54, 1.807) is 12.1 Å². The standard InChI is InChI=1S/C19H26N4O4S/c1-3-22(4-2)9-7-20-17(24)6-5-8-23-18(25)13-10-15-16(27-12-26-15)11-14(13)21-19(23)28/h10-11H,3-9,12H2,1-2H3,(H,20,24)(H,21,28). The number of hydrogen-bond acceptors (Lipinski definition) is 6. The molecule has 3 rings (SSSR count). The number of benzene rings is 1. The molecule has 0 radical (unpaired) electrons. The van der Waals surface area contributed by atoms with Gasteiger partial charge in [0.1, 0.15) is 0 Å². The summed E-state index contributed by atoms with van der Waals surface area (Å²) >= 11 is 5.33. The van der Waals surface area contributed by atoms with Crippen LogP contribution in [-0.4, -0.2) is 53.3 Å². The van der Waals surface area contributed by atoms with Gasteiger partial charge in [0.2, 0.25) is 12.7 Å². The average molecular weight is 407 g/mol. The molecular formula is C19H26N4O4S. The lowest BCUT2D eigenvalue weighted by molar-refractivity contribution is -0.121. The minimum absolute atomic E-state index is 0.0146. The van der Waals surface area contributed by atoms with Crippen LogP contribution in [0.5, 0.6) is 11.5 Å². The first-order valence-corrected chi connectivity index (χ1v) is 9.99. The van der Waals surface area contributed by atoms with Gasteiger partial charge in [-0.05, 0) is 37.8 Å². The molecule has 0 saturated carbocycles. The molecule has 28 heavy (non-hydrogen) atoms. The molecule has 1 aliphatic heterocycles. The number of carbonyl (C=O) groups excluding carboxylic acids is 1. The zero-order chi connectivity index (χ0) is 20.1. The number of fused-ring (bicyclic) bond motifs is 2. The largest absolute Gasteiger partial charge is 0.454 e. The fourth-order valence-electron chi connectivity index (χ4n) is 3.23. The number of rotatable bonds is 9. The molecule has 1 aromatic carbocycles. The van der Waals surface area contributed by atoms with E-state index in [-0.39, 0.29) is 18.3 Å². The molecule has 9 heteroatoms. The Morgan fingerprint density at radius 3 is 2.71 bits per heavy atom. The molecule has 0 saturated heterocycles. The maximum absolute atomic E-state index is 12.8. The molecule has 2 heterocycles. The second-order valence-electron chi connectivity index (χ2n) is 6.62. The first kappa shape index (κ1) is 20.3. The van der Waals surface area contributed by atoms with Crippen molar-refractivity contribution in [2.75, 3.05) is 33.0 Å². The van der Waals surface area contributed by atoms with Gasteiger partial charge in [0, 0.05) is 32.1 Å². The molecule has 1 aromatic heterocycles. The summed E-state index contributed by atoms with van der Waals surface area (Å²) in [7, 11) is 0. The van der Waals surface area contributed by atoms with Crippen molar-refractivity contribution in [3.63, 3.8) is 0 Å². The van der Waals surface area contributed by atoms with E-state index >= 15 is 0 Å². The lowest BCUT2D eigenvalue weighted by atomic mass is 10.2. The van der Waals surface area contributed by atoms with Crippen LogP contribution in [-0.2, 0) is 11.3 Å². The third-order valence-electron chi connectivity index (χ3n) is 4.91. The van der Waals surface area contributed by atoms with Crippen molar-refractivity contribution in [2.45, 2.75) is 33.2 Å². The Kier molecular flexibility index (Phi) is 6.69. The van der Waals surface area contributed by atoms with Crippen LogP contribution < -0.4 is 20.3 Å². The lowest BCUT2D eigenvalue weighted by Crippen LogP contribution is -2.34. The van der Waals surface area contributed by atoms with Crippen molar-refractivity contribution in [1.29, 1.82) is 0 Å². The summed E-state index contributed by atoms with van der Waals surface area (Å²) in [6.45, 7) is 8.12. The lowest BCUT2D eigenvalue weighted by Gasteiger charge is -2.17. The third-order valence-corrected chi connectivity index (χ3v) is 5.23. The van der Waals surface area contributed by atoms with Crippen LogP contribution in [0, 0.1) is 4.77 Å². The Hall–Kier alpha value is -2.39. The Morgan fingerprint density at radius 1 is 1.29 bits per heavy atom. The topological polar surface area (TPSA) is 88.6 Å². The number of amides is 1. The van der Waals surface area contributed by atoms with Gasteiger partial charge in [0.05, 0.1) is 10.9 Å². The van der Waals surface area contributed by atoms with Crippen LogP contribution in [0.15, 0.2) is 16.9 Å². The minimum atomic E-state index is -0.195. The fraction of sp³-hybridized carbons (Fsp3) is 0.526. The number of aromatic amines is 1. The fourth-order valence-corrected chi connectivity index (χ4v) is 3.51. The van der Waals surface area contributed by atoms with Gasteiger partial charge >= 0.3 is 0 Å². The Balaban J connectivity index is 1.60. The van der Waals surface area contributed by atoms with E-state index in [9.17, 15) is 9.59 Å². The number of nitrogens with zero attached hydrogens (tertiary/aromatic N) is 2. The summed E-state index contributed by atoms with van der Waals surface area (Å²) in [5.74, 6) is 1.13. The Morgan fingerprint density at radius 2 is 2.00 bits per heavy atom. The van der Waals surface area contributed by atoms with Crippen molar-refractivity contribution in [3.05, 3.63) is 27.3 Å². The predicted octanol–water partition coefficient (Wildman–Crippen LogP) is 2.03.